The summed E-state index contributed by atoms with van der Waals surface area (Å²) in [5, 5.41) is 18.2. The van der Waals surface area contributed by atoms with Gasteiger partial charge < -0.3 is 10.2 Å². The third-order valence-electron chi connectivity index (χ3n) is 10.3. The number of rotatable bonds is 28. The first-order chi connectivity index (χ1) is 25.6. The summed E-state index contributed by atoms with van der Waals surface area (Å²) >= 11 is 1.14. The monoisotopic (exact) mass is 793 g/mol. The summed E-state index contributed by atoms with van der Waals surface area (Å²) in [7, 11) is -1.12. The highest BCUT2D eigenvalue weighted by atomic mass is 32.2. The molecule has 2 N–H and O–H groups in total. The van der Waals surface area contributed by atoms with Gasteiger partial charge in [0.25, 0.3) is 0 Å². The van der Waals surface area contributed by atoms with E-state index >= 15 is 0 Å². The van der Waals surface area contributed by atoms with Crippen LogP contribution >= 0.6 is 26.3 Å². The maximum atomic E-state index is 11.1. The van der Waals surface area contributed by atoms with Crippen molar-refractivity contribution in [2.45, 2.75) is 168 Å². The molecule has 0 fully saturated rings. The van der Waals surface area contributed by atoms with E-state index in [0.717, 1.165) is 11.8 Å². The smallest absolute Gasteiger partial charge is 0.336 e. The lowest BCUT2D eigenvalue weighted by molar-refractivity contribution is 0.0683. The lowest BCUT2D eigenvalue weighted by Crippen LogP contribution is -2.12. The maximum Gasteiger partial charge on any atom is 0.336 e. The van der Waals surface area contributed by atoms with Gasteiger partial charge in [-0.2, -0.15) is 0 Å². The Bertz CT molecular complexity index is 1040. The van der Waals surface area contributed by atoms with Crippen molar-refractivity contribution < 1.29 is 19.8 Å². The predicted octanol–water partition coefficient (Wildman–Crippen LogP) is 15.6. The van der Waals surface area contributed by atoms with Crippen LogP contribution in [-0.2, 0) is 0 Å². The number of carbonyl (C=O) groups is 2. The normalized spacial score (nSPS) is 11.3. The van der Waals surface area contributed by atoms with Crippen LogP contribution in [0.4, 0.5) is 0 Å². The van der Waals surface area contributed by atoms with Gasteiger partial charge in [0, 0.05) is 24.3 Å². The summed E-state index contributed by atoms with van der Waals surface area (Å²) in [6, 6.07) is 13.0. The molecule has 0 amide bonds. The molecule has 2 rings (SSSR count). The summed E-state index contributed by atoms with van der Waals surface area (Å²) in [6.45, 7) is 18.8. The van der Waals surface area contributed by atoms with Crippen molar-refractivity contribution in [2.75, 3.05) is 49.3 Å². The van der Waals surface area contributed by atoms with Crippen molar-refractivity contribution in [1.29, 1.82) is 0 Å². The number of carboxylic acid groups (broad SMARTS) is 2. The predicted molar refractivity (Wildman–Crippen MR) is 243 cm³/mol. The van der Waals surface area contributed by atoms with Gasteiger partial charge in [0.15, 0.2) is 0 Å². The Morgan fingerprint density at radius 1 is 0.415 bits per heavy atom. The molecule has 0 bridgehead atoms. The highest BCUT2D eigenvalue weighted by molar-refractivity contribution is 7.99. The van der Waals surface area contributed by atoms with E-state index in [2.05, 4.69) is 55.4 Å². The highest BCUT2D eigenvalue weighted by Crippen LogP contribution is 2.62. The molecule has 0 spiro atoms. The Balaban J connectivity index is 0.000000768. The Hall–Kier alpha value is -1.41. The molecule has 2 aromatic rings. The zero-order chi connectivity index (χ0) is 39.8. The van der Waals surface area contributed by atoms with Gasteiger partial charge in [-0.15, -0.1) is 0 Å². The van der Waals surface area contributed by atoms with E-state index in [0.29, 0.717) is 9.79 Å². The first kappa shape index (κ1) is 51.6. The van der Waals surface area contributed by atoms with Crippen molar-refractivity contribution in [2.24, 2.45) is 0 Å². The number of benzene rings is 2. The van der Waals surface area contributed by atoms with Crippen molar-refractivity contribution >= 4 is 38.2 Å². The molecule has 2 aromatic carbocycles. The average Bonchev–Trinajstić information content (AvgIpc) is 3.17. The molecule has 0 heterocycles. The molecule has 7 heteroatoms. The molecule has 0 aliphatic carbocycles. The zero-order valence-corrected chi connectivity index (χ0v) is 38.2. The van der Waals surface area contributed by atoms with Crippen LogP contribution in [0.2, 0.25) is 0 Å². The molecular formula is C46H82O4P2S+2. The fraction of sp³-hybridized carbons (Fsp3) is 0.696. The van der Waals surface area contributed by atoms with Crippen LogP contribution in [0.1, 0.15) is 179 Å². The van der Waals surface area contributed by atoms with Gasteiger partial charge in [-0.05, 0) is 75.6 Å². The highest BCUT2D eigenvalue weighted by Gasteiger charge is 2.35. The lowest BCUT2D eigenvalue weighted by Gasteiger charge is -2.28. The molecule has 0 radical (unpaired) electrons. The van der Waals surface area contributed by atoms with Gasteiger partial charge in [0.1, 0.15) is 0 Å². The van der Waals surface area contributed by atoms with E-state index < -0.39 is 26.5 Å². The van der Waals surface area contributed by atoms with E-state index in [1.807, 2.05) is 0 Å². The second-order valence-electron chi connectivity index (χ2n) is 15.0. The van der Waals surface area contributed by atoms with Gasteiger partial charge in [0.05, 0.1) is 60.4 Å². The third-order valence-corrected chi connectivity index (χ3v) is 21.6. The van der Waals surface area contributed by atoms with Crippen LogP contribution in [0, 0.1) is 0 Å². The number of hydrogen-bond donors (Lipinski definition) is 2. The zero-order valence-electron chi connectivity index (χ0n) is 35.6. The second kappa shape index (κ2) is 32.8. The van der Waals surface area contributed by atoms with Crippen LogP contribution < -0.4 is 0 Å². The third kappa shape index (κ3) is 22.7. The van der Waals surface area contributed by atoms with Gasteiger partial charge in [-0.3, -0.25) is 0 Å². The molecule has 0 unspecified atom stereocenters. The van der Waals surface area contributed by atoms with Crippen molar-refractivity contribution in [1.82, 2.24) is 0 Å². The Morgan fingerprint density at radius 2 is 0.623 bits per heavy atom. The molecule has 304 valence electrons. The molecular weight excluding hydrogens is 711 g/mol. The minimum absolute atomic E-state index is 0.160. The van der Waals surface area contributed by atoms with E-state index in [4.69, 9.17) is 10.2 Å². The molecule has 0 atom stereocenters. The van der Waals surface area contributed by atoms with Crippen molar-refractivity contribution in [3.63, 3.8) is 0 Å². The first-order valence-corrected chi connectivity index (χ1v) is 27.5. The quantitative estimate of drug-likeness (QED) is 0.0840. The van der Waals surface area contributed by atoms with Gasteiger partial charge in [-0.25, -0.2) is 9.59 Å². The van der Waals surface area contributed by atoms with E-state index in [9.17, 15) is 9.59 Å². The minimum Gasteiger partial charge on any atom is -0.478 e. The van der Waals surface area contributed by atoms with Crippen molar-refractivity contribution in [3.8, 4) is 0 Å². The fourth-order valence-corrected chi connectivity index (χ4v) is 18.5. The number of unbranched alkanes of at least 4 members (excludes halogenated alkanes) is 8. The summed E-state index contributed by atoms with van der Waals surface area (Å²) in [4.78, 5) is 23.2. The Morgan fingerprint density at radius 3 is 0.811 bits per heavy atom. The van der Waals surface area contributed by atoms with Crippen LogP contribution in [0.3, 0.4) is 0 Å². The minimum atomic E-state index is -1.03. The lowest BCUT2D eigenvalue weighted by atomic mass is 10.2. The molecule has 0 aliphatic heterocycles. The topological polar surface area (TPSA) is 74.6 Å². The van der Waals surface area contributed by atoms with Crippen molar-refractivity contribution in [3.05, 3.63) is 59.7 Å². The van der Waals surface area contributed by atoms with Gasteiger partial charge in [-0.1, -0.05) is 143 Å². The van der Waals surface area contributed by atoms with Crippen LogP contribution in [0.25, 0.3) is 0 Å². The fourth-order valence-electron chi connectivity index (χ4n) is 6.87. The van der Waals surface area contributed by atoms with E-state index in [1.165, 1.54) is 115 Å². The number of aromatic carboxylic acids is 2. The van der Waals surface area contributed by atoms with Crippen LogP contribution in [-0.4, -0.2) is 71.4 Å². The summed E-state index contributed by atoms with van der Waals surface area (Å²) in [5.41, 5.74) is 0.320. The number of hydrogen-bond acceptors (Lipinski definition) is 3. The van der Waals surface area contributed by atoms with Gasteiger partial charge >= 0.3 is 11.9 Å². The maximum absolute atomic E-state index is 11.1. The van der Waals surface area contributed by atoms with E-state index in [-0.39, 0.29) is 11.1 Å². The molecule has 0 saturated carbocycles. The van der Waals surface area contributed by atoms with Gasteiger partial charge in [0.2, 0.25) is 0 Å². The average molecular weight is 793 g/mol. The first-order valence-electron chi connectivity index (χ1n) is 21.6. The second-order valence-corrected chi connectivity index (χ2v) is 25.0. The molecule has 4 nitrogen and oxygen atoms in total. The SMILES string of the molecule is CCCC[P+](CCCC)(CCCC)CCCC.CCCC[P+](CCCC)(CCCC)CCCC.O=C(O)c1ccccc1Sc1ccccc1C(=O)O. The van der Waals surface area contributed by atoms with Crippen LogP contribution in [0.15, 0.2) is 58.3 Å². The molecule has 0 saturated heterocycles. The largest absolute Gasteiger partial charge is 0.478 e. The molecule has 0 aromatic heterocycles. The standard InChI is InChI=1S/2C16H36P.C14H10O4S/c2*1-5-9-13-17(14-10-6-2,15-11-7-3)16-12-8-4;15-13(16)9-5-1-3-7-11(9)19-12-8-4-2-6-10(12)14(17)18/h2*5-16H2,1-4H3;1-8H,(H,15,16)(H,17,18)/q2*+1;. The Labute approximate surface area is 333 Å². The Kier molecular flexibility index (Phi) is 31.9. The van der Waals surface area contributed by atoms with Crippen LogP contribution in [0.5, 0.6) is 0 Å². The summed E-state index contributed by atoms with van der Waals surface area (Å²) in [5.74, 6) is -2.06. The molecule has 53 heavy (non-hydrogen) atoms. The van der Waals surface area contributed by atoms with E-state index in [1.54, 1.807) is 85.7 Å². The molecule has 0 aliphatic rings. The summed E-state index contributed by atoms with van der Waals surface area (Å²) < 4.78 is 0. The summed E-state index contributed by atoms with van der Waals surface area (Å²) in [6.07, 6.45) is 35.9. The number of carboxylic acids is 2.